The molecule has 1 aliphatic rings. The van der Waals surface area contributed by atoms with Gasteiger partial charge in [0.25, 0.3) is 5.91 Å². The van der Waals surface area contributed by atoms with Crippen LogP contribution in [0.15, 0.2) is 45.4 Å². The summed E-state index contributed by atoms with van der Waals surface area (Å²) in [6, 6.07) is 11.5. The molecule has 1 amide bonds. The van der Waals surface area contributed by atoms with E-state index in [4.69, 9.17) is 9.05 Å². The molecule has 0 radical (unpaired) electrons. The van der Waals surface area contributed by atoms with Crippen LogP contribution in [0, 0.1) is 6.92 Å². The first-order valence-electron chi connectivity index (χ1n) is 7.48. The van der Waals surface area contributed by atoms with Crippen LogP contribution in [0.2, 0.25) is 0 Å². The highest BCUT2D eigenvalue weighted by atomic mass is 16.5. The summed E-state index contributed by atoms with van der Waals surface area (Å²) in [7, 11) is 0. The monoisotopic (exact) mass is 309 g/mol. The molecular formula is C17H15N3O3. The minimum atomic E-state index is -0.132. The number of nitrogens with zero attached hydrogens (tertiary/aromatic N) is 3. The minimum absolute atomic E-state index is 0.132. The number of rotatable bonds is 2. The van der Waals surface area contributed by atoms with Crippen molar-refractivity contribution in [1.29, 1.82) is 0 Å². The van der Waals surface area contributed by atoms with Gasteiger partial charge in [-0.2, -0.15) is 0 Å². The number of hydrogen-bond donors (Lipinski definition) is 0. The number of amides is 1. The van der Waals surface area contributed by atoms with Crippen molar-refractivity contribution < 1.29 is 13.8 Å². The van der Waals surface area contributed by atoms with Crippen molar-refractivity contribution in [1.82, 2.24) is 15.2 Å². The molecule has 0 fully saturated rings. The van der Waals surface area contributed by atoms with E-state index in [2.05, 4.69) is 10.3 Å². The zero-order valence-electron chi connectivity index (χ0n) is 12.7. The van der Waals surface area contributed by atoms with Gasteiger partial charge in [-0.3, -0.25) is 4.79 Å². The molecule has 0 saturated heterocycles. The summed E-state index contributed by atoms with van der Waals surface area (Å²) in [5, 5.41) is 8.00. The Labute approximate surface area is 132 Å². The largest absolute Gasteiger partial charge is 0.361 e. The van der Waals surface area contributed by atoms with Crippen molar-refractivity contribution >= 4 is 5.91 Å². The number of aromatic nitrogens is 2. The molecule has 0 N–H and O–H groups in total. The van der Waals surface area contributed by atoms with Gasteiger partial charge in [0.1, 0.15) is 17.2 Å². The molecule has 0 aliphatic carbocycles. The average Bonchev–Trinajstić information content (AvgIpc) is 3.20. The fourth-order valence-corrected chi connectivity index (χ4v) is 2.83. The van der Waals surface area contributed by atoms with Crippen molar-refractivity contribution in [2.24, 2.45) is 0 Å². The fraction of sp³-hybridized carbons (Fsp3) is 0.235. The summed E-state index contributed by atoms with van der Waals surface area (Å²) < 4.78 is 10.5. The highest BCUT2D eigenvalue weighted by Gasteiger charge is 2.29. The highest BCUT2D eigenvalue weighted by Crippen LogP contribution is 2.30. The molecule has 116 valence electrons. The number of carbonyl (C=O) groups excluding carboxylic acids is 1. The lowest BCUT2D eigenvalue weighted by Crippen LogP contribution is -2.35. The van der Waals surface area contributed by atoms with Crippen LogP contribution in [0.5, 0.6) is 0 Å². The van der Waals surface area contributed by atoms with Crippen molar-refractivity contribution in [3.05, 3.63) is 59.2 Å². The van der Waals surface area contributed by atoms with Gasteiger partial charge in [-0.15, -0.1) is 0 Å². The Hall–Kier alpha value is -2.89. The van der Waals surface area contributed by atoms with Crippen LogP contribution in [0.3, 0.4) is 0 Å². The molecular weight excluding hydrogens is 294 g/mol. The molecule has 1 aliphatic heterocycles. The highest BCUT2D eigenvalue weighted by molar-refractivity contribution is 5.92. The summed E-state index contributed by atoms with van der Waals surface area (Å²) in [6.45, 7) is 2.82. The molecule has 0 spiro atoms. The van der Waals surface area contributed by atoms with Crippen molar-refractivity contribution in [2.75, 3.05) is 6.54 Å². The van der Waals surface area contributed by atoms with Gasteiger partial charge in [0.05, 0.1) is 6.54 Å². The Bertz CT molecular complexity index is 851. The number of benzene rings is 1. The molecule has 2 aromatic heterocycles. The second-order valence-electron chi connectivity index (χ2n) is 5.60. The number of carbonyl (C=O) groups is 1. The fourth-order valence-electron chi connectivity index (χ4n) is 2.83. The number of hydrogen-bond acceptors (Lipinski definition) is 5. The van der Waals surface area contributed by atoms with Crippen molar-refractivity contribution in [2.45, 2.75) is 19.9 Å². The Balaban J connectivity index is 1.64. The lowest BCUT2D eigenvalue weighted by Gasteiger charge is -2.25. The molecule has 0 unspecified atom stereocenters. The van der Waals surface area contributed by atoms with Crippen molar-refractivity contribution in [3.8, 4) is 11.3 Å². The molecule has 3 heterocycles. The normalized spacial score (nSPS) is 13.9. The maximum absolute atomic E-state index is 12.5. The quantitative estimate of drug-likeness (QED) is 0.728. The second kappa shape index (κ2) is 5.39. The molecule has 6 heteroatoms. The van der Waals surface area contributed by atoms with E-state index in [0.717, 1.165) is 22.6 Å². The zero-order chi connectivity index (χ0) is 15.8. The lowest BCUT2D eigenvalue weighted by atomic mass is 10.0. The summed E-state index contributed by atoms with van der Waals surface area (Å²) in [5.41, 5.74) is 3.10. The van der Waals surface area contributed by atoms with E-state index in [1.54, 1.807) is 17.9 Å². The van der Waals surface area contributed by atoms with Crippen LogP contribution in [0.25, 0.3) is 11.3 Å². The Morgan fingerprint density at radius 2 is 2.00 bits per heavy atom. The average molecular weight is 309 g/mol. The molecule has 0 atom stereocenters. The molecule has 3 aromatic rings. The van der Waals surface area contributed by atoms with Gasteiger partial charge >= 0.3 is 0 Å². The first kappa shape index (κ1) is 13.8. The first-order chi connectivity index (χ1) is 11.2. The lowest BCUT2D eigenvalue weighted by molar-refractivity contribution is 0.0718. The third-order valence-corrected chi connectivity index (χ3v) is 4.01. The van der Waals surface area contributed by atoms with E-state index >= 15 is 0 Å². The van der Waals surface area contributed by atoms with E-state index in [0.29, 0.717) is 31.0 Å². The third kappa shape index (κ3) is 2.42. The van der Waals surface area contributed by atoms with Gasteiger partial charge in [-0.1, -0.05) is 40.6 Å². The maximum Gasteiger partial charge on any atom is 0.276 e. The van der Waals surface area contributed by atoms with Crippen LogP contribution >= 0.6 is 0 Å². The summed E-state index contributed by atoms with van der Waals surface area (Å²) in [4.78, 5) is 14.3. The molecule has 1 aromatic carbocycles. The molecule has 6 nitrogen and oxygen atoms in total. The Morgan fingerprint density at radius 3 is 2.74 bits per heavy atom. The number of aryl methyl sites for hydroxylation is 1. The van der Waals surface area contributed by atoms with Gasteiger partial charge in [0.15, 0.2) is 5.69 Å². The van der Waals surface area contributed by atoms with Crippen LogP contribution in [-0.2, 0) is 13.0 Å². The van der Waals surface area contributed by atoms with Gasteiger partial charge in [0, 0.05) is 30.2 Å². The smallest absolute Gasteiger partial charge is 0.276 e. The SMILES string of the molecule is Cc1cc(C(=O)N2CCc3onc(-c4ccccc4)c3C2)no1. The summed E-state index contributed by atoms with van der Waals surface area (Å²) in [6.07, 6.45) is 0.651. The molecule has 4 rings (SSSR count). The zero-order valence-corrected chi connectivity index (χ0v) is 12.7. The van der Waals surface area contributed by atoms with Gasteiger partial charge < -0.3 is 13.9 Å². The van der Waals surface area contributed by atoms with Gasteiger partial charge in [-0.05, 0) is 6.92 Å². The third-order valence-electron chi connectivity index (χ3n) is 4.01. The Morgan fingerprint density at radius 1 is 1.17 bits per heavy atom. The first-order valence-corrected chi connectivity index (χ1v) is 7.48. The predicted molar refractivity (Wildman–Crippen MR) is 81.6 cm³/mol. The minimum Gasteiger partial charge on any atom is -0.361 e. The van der Waals surface area contributed by atoms with E-state index in [9.17, 15) is 4.79 Å². The number of fused-ring (bicyclic) bond motifs is 1. The predicted octanol–water partition coefficient (Wildman–Crippen LogP) is 2.84. The second-order valence-corrected chi connectivity index (χ2v) is 5.60. The van der Waals surface area contributed by atoms with Crippen molar-refractivity contribution in [3.63, 3.8) is 0 Å². The van der Waals surface area contributed by atoms with E-state index in [1.165, 1.54) is 0 Å². The van der Waals surface area contributed by atoms with Crippen LogP contribution in [0.1, 0.15) is 27.6 Å². The summed E-state index contributed by atoms with van der Waals surface area (Å²) in [5.74, 6) is 1.35. The van der Waals surface area contributed by atoms with Gasteiger partial charge in [0.2, 0.25) is 0 Å². The van der Waals surface area contributed by atoms with Crippen LogP contribution in [-0.4, -0.2) is 27.7 Å². The van der Waals surface area contributed by atoms with E-state index in [1.807, 2.05) is 30.3 Å². The van der Waals surface area contributed by atoms with Gasteiger partial charge in [-0.25, -0.2) is 0 Å². The topological polar surface area (TPSA) is 72.4 Å². The van der Waals surface area contributed by atoms with E-state index in [-0.39, 0.29) is 5.91 Å². The molecule has 0 saturated carbocycles. The van der Waals surface area contributed by atoms with E-state index < -0.39 is 0 Å². The maximum atomic E-state index is 12.5. The molecule has 0 bridgehead atoms. The Kier molecular flexibility index (Phi) is 3.22. The van der Waals surface area contributed by atoms with Crippen LogP contribution in [0.4, 0.5) is 0 Å². The van der Waals surface area contributed by atoms with Crippen LogP contribution < -0.4 is 0 Å². The summed E-state index contributed by atoms with van der Waals surface area (Å²) >= 11 is 0. The molecule has 23 heavy (non-hydrogen) atoms. The standard InChI is InChI=1S/C17H15N3O3/c1-11-9-14(18-22-11)17(21)20-8-7-15-13(10-20)16(19-23-15)12-5-3-2-4-6-12/h2-6,9H,7-8,10H2,1H3.